The van der Waals surface area contributed by atoms with Crippen molar-refractivity contribution in [3.8, 4) is 45.3 Å². The number of aromatic nitrogens is 3. The van der Waals surface area contributed by atoms with Gasteiger partial charge in [0.1, 0.15) is 23.1 Å². The Bertz CT molecular complexity index is 5150. The molecule has 3 N–H and O–H groups in total. The summed E-state index contributed by atoms with van der Waals surface area (Å²) < 4.78 is 53.9. The molecule has 3 heterocycles. The van der Waals surface area contributed by atoms with E-state index in [1.54, 1.807) is 6.07 Å². The summed E-state index contributed by atoms with van der Waals surface area (Å²) >= 11 is 28.1. The maximum atomic E-state index is 13.5. The summed E-state index contributed by atoms with van der Waals surface area (Å²) in [6.07, 6.45) is 0. The van der Waals surface area contributed by atoms with Gasteiger partial charge in [0.2, 0.25) is 0 Å². The largest absolute Gasteiger partial charge is 0.665 e. The van der Waals surface area contributed by atoms with Crippen LogP contribution in [0.1, 0.15) is 185 Å². The molecule has 0 unspecified atom stereocenters. The van der Waals surface area contributed by atoms with E-state index >= 15 is 0 Å². The molecular weight excluding hydrogens is 2150 g/mol. The van der Waals surface area contributed by atoms with Gasteiger partial charge < -0.3 is 35.0 Å². The van der Waals surface area contributed by atoms with Gasteiger partial charge >= 0.3 is 374 Å². The van der Waals surface area contributed by atoms with Crippen molar-refractivity contribution in [3.05, 3.63) is 319 Å². The molecular formula is C100H117Br2Cl4F2MoN6O4W2-3. The fourth-order valence-corrected chi connectivity index (χ4v) is 21.0. The number of rotatable bonds is 10. The topological polar surface area (TPSA) is 149 Å². The Balaban J connectivity index is 0.000000294. The molecule has 21 heteroatoms. The van der Waals surface area contributed by atoms with Crippen molar-refractivity contribution in [1.82, 2.24) is 15.0 Å². The summed E-state index contributed by atoms with van der Waals surface area (Å²) in [5.41, 5.74) is 24.2. The molecule has 9 aromatic carbocycles. The summed E-state index contributed by atoms with van der Waals surface area (Å²) in [5, 5.41) is 32.0. The van der Waals surface area contributed by atoms with E-state index in [0.29, 0.717) is 57.7 Å². The normalized spacial score (nSPS) is 10.6. The van der Waals surface area contributed by atoms with E-state index in [1.165, 1.54) is 53.8 Å². The summed E-state index contributed by atoms with van der Waals surface area (Å²) in [6.45, 7) is 52.4. The molecule has 648 valence electrons. The van der Waals surface area contributed by atoms with E-state index in [-0.39, 0.29) is 45.1 Å². The first-order chi connectivity index (χ1) is 56.5. The molecule has 0 saturated heterocycles. The second-order valence-corrected chi connectivity index (χ2v) is 41.8. The van der Waals surface area contributed by atoms with Crippen LogP contribution in [0.25, 0.3) is 22.3 Å². The van der Waals surface area contributed by atoms with Crippen LogP contribution in [-0.4, -0.2) is 35.6 Å². The van der Waals surface area contributed by atoms with Crippen molar-refractivity contribution in [1.29, 1.82) is 0 Å². The molecule has 0 bridgehead atoms. The van der Waals surface area contributed by atoms with E-state index < -0.39 is 53.8 Å². The minimum Gasteiger partial charge on any atom is -0.665 e. The van der Waals surface area contributed by atoms with Crippen molar-refractivity contribution in [2.24, 2.45) is 21.3 Å². The van der Waals surface area contributed by atoms with Crippen LogP contribution in [-0.2, 0) is 59.2 Å². The molecule has 12 rings (SSSR count). The first kappa shape index (κ1) is 106. The zero-order valence-corrected chi connectivity index (χ0v) is 88.5. The third kappa shape index (κ3) is 37.4. The molecule has 0 atom stereocenters. The predicted octanol–water partition coefficient (Wildman–Crippen LogP) is 31.4. The molecule has 0 spiro atoms. The zero-order chi connectivity index (χ0) is 91.0. The van der Waals surface area contributed by atoms with Gasteiger partial charge in [0.25, 0.3) is 0 Å². The van der Waals surface area contributed by atoms with Crippen LogP contribution in [0.5, 0.6) is 23.0 Å². The Hall–Kier alpha value is -6.93. The van der Waals surface area contributed by atoms with Crippen molar-refractivity contribution < 1.29 is 82.6 Å². The van der Waals surface area contributed by atoms with Crippen LogP contribution in [0.2, 0.25) is 20.1 Å². The molecule has 0 saturated carbocycles. The number of nitrogens with zero attached hydrogens (tertiary/aromatic N) is 6. The second-order valence-electron chi connectivity index (χ2n) is 32.4. The van der Waals surface area contributed by atoms with Gasteiger partial charge in [0.15, 0.2) is 11.5 Å². The number of aromatic hydroxyl groups is 3. The second kappa shape index (κ2) is 51.5. The van der Waals surface area contributed by atoms with Gasteiger partial charge in [-0.25, -0.2) is 8.78 Å². The van der Waals surface area contributed by atoms with Crippen molar-refractivity contribution in [3.63, 3.8) is 0 Å². The van der Waals surface area contributed by atoms with E-state index in [9.17, 15) is 24.1 Å². The third-order valence-corrected chi connectivity index (χ3v) is 30.2. The average Bonchev–Trinajstić information content (AvgIpc) is 1.34. The molecule has 0 fully saturated rings. The van der Waals surface area contributed by atoms with Crippen molar-refractivity contribution >= 4 is 109 Å². The number of hydrogen-bond donors (Lipinski definition) is 3. The van der Waals surface area contributed by atoms with Crippen LogP contribution in [0, 0.1) is 112 Å². The number of aryl methyl sites for hydroxylation is 13. The van der Waals surface area contributed by atoms with Crippen LogP contribution >= 0.6 is 78.3 Å². The maximum Gasteiger partial charge on any atom is 0.160 e. The molecule has 121 heavy (non-hydrogen) atoms. The van der Waals surface area contributed by atoms with Gasteiger partial charge in [0, 0.05) is 11.1 Å². The van der Waals surface area contributed by atoms with Gasteiger partial charge in [-0.1, -0.05) is 125 Å². The number of hydrogen-bond acceptors (Lipinski definition) is 7. The fourth-order valence-electron chi connectivity index (χ4n) is 11.7. The van der Waals surface area contributed by atoms with Gasteiger partial charge in [0.05, 0.1) is 16.1 Å². The van der Waals surface area contributed by atoms with Crippen LogP contribution in [0.4, 0.5) is 25.8 Å². The molecule has 3 aromatic heterocycles. The van der Waals surface area contributed by atoms with Crippen molar-refractivity contribution in [2.45, 2.75) is 190 Å². The quantitative estimate of drug-likeness (QED) is 0.115. The van der Waals surface area contributed by atoms with Crippen LogP contribution in [0.3, 0.4) is 0 Å². The standard InChI is InChI=1S/2C15H14BrFO.C12H17N.C10H12.C8H10O2.2C6H3Cl2N.3C6H8N.2C5H10.Mo.2W/c2*1-8-4-9(2)14(10(3)5-8)12-6-11(17)7-13(16)15(12)18;1-8(2)10-6-5-7-11(9(3)4)12(10)13;1-10(2,3)9-7-5-4-6-8-9;1-6-4-3-5-7(10-2)8(6)9;2*7-4-2-1-3-5(8)6(4)9;3*1-5-3-4-6(2)7-5;2*1-5(2,3)4;;;/h2*4-7,18H,1-3H3;5-9H,1-4H3;1,4-8H,2-3H3;3-5,9H,1-2H3;2*1-3H;3*3-4H,1-2H3;2*1H,2-4H3;;;/q;;;;;;;3*-1;;;;;. The molecule has 0 amide bonds. The average molecular weight is 2270 g/mol. The van der Waals surface area contributed by atoms with Gasteiger partial charge in [-0.15, -0.1) is 0 Å². The summed E-state index contributed by atoms with van der Waals surface area (Å²) in [5.74, 6) is 1.19. The minimum absolute atomic E-state index is 0.0754. The molecule has 0 radical (unpaired) electrons. The van der Waals surface area contributed by atoms with Gasteiger partial charge in [-0.05, 0) is 150 Å². The first-order valence-corrected chi connectivity index (χ1v) is 50.5. The monoisotopic (exact) mass is 2270 g/mol. The van der Waals surface area contributed by atoms with E-state index in [2.05, 4.69) is 199 Å². The predicted molar refractivity (Wildman–Crippen MR) is 508 cm³/mol. The minimum atomic E-state index is -0.850. The van der Waals surface area contributed by atoms with E-state index in [1.807, 2.05) is 199 Å². The Morgan fingerprint density at radius 1 is 0.413 bits per heavy atom. The first-order valence-electron chi connectivity index (χ1n) is 39.3. The molecule has 10 nitrogen and oxygen atoms in total. The number of benzene rings is 9. The van der Waals surface area contributed by atoms with Crippen molar-refractivity contribution in [2.75, 3.05) is 7.11 Å². The molecule has 12 aromatic rings. The number of halogens is 8. The number of phenolic OH excluding ortho intramolecular Hbond substituents is 3. The number of phenols is 3. The Morgan fingerprint density at radius 3 is 1.02 bits per heavy atom. The number of ether oxygens (including phenoxy) is 1. The van der Waals surface area contributed by atoms with E-state index in [0.717, 1.165) is 95.6 Å². The number of methoxy groups -OCH3 is 1. The van der Waals surface area contributed by atoms with E-state index in [4.69, 9.17) is 54.6 Å². The Labute approximate surface area is 780 Å². The fraction of sp³-hybridized carbons (Fsp3) is 0.310. The Morgan fingerprint density at radius 2 is 0.736 bits per heavy atom. The number of para-hydroxylation sites is 1. The maximum absolute atomic E-state index is 13.5. The van der Waals surface area contributed by atoms with Crippen LogP contribution in [0.15, 0.2) is 207 Å². The Kier molecular flexibility index (Phi) is 45.3. The SMILES string of the molecule is CC(C)(C)[CH]=[W]=[N]c1c(Cl)cccc1Cl.CC(C)(C)[CH]=[W]=[N]c1c(Cl)cccc1Cl.CC(C)c1cccc(C(C)C)c1[N]=[Mo]=[CH]C(C)(C)c1ccccc1.COc1cccc(C)c1O.Cc1cc(C)c(-c2cc(F)cc(Br)c2O)c(C)c1.Cc1cc(C)c(-c2cc(F)cc(Br)c2O)c(C)c1.Cc1ccc(C)[n-]1.Cc1ccc(C)[n-]1.Cc1ccc(C)[n-]1. The zero-order valence-electron chi connectivity index (χ0n) is 74.5. The molecule has 0 aliphatic heterocycles. The van der Waals surface area contributed by atoms with Gasteiger partial charge in [-0.3, -0.25) is 0 Å². The molecule has 0 aliphatic rings. The molecule has 0 aliphatic carbocycles. The smallest absolute Gasteiger partial charge is 0.160 e. The summed E-state index contributed by atoms with van der Waals surface area (Å²) in [6, 6.07) is 59.2. The van der Waals surface area contributed by atoms with Gasteiger partial charge in [-0.2, -0.15) is 34.2 Å². The summed E-state index contributed by atoms with van der Waals surface area (Å²) in [4.78, 5) is 12.3. The third-order valence-electron chi connectivity index (χ3n) is 17.5. The van der Waals surface area contributed by atoms with Crippen LogP contribution < -0.4 is 19.7 Å². The summed E-state index contributed by atoms with van der Waals surface area (Å²) in [7, 11) is 1.54.